The first-order chi connectivity index (χ1) is 18.8. The smallest absolute Gasteiger partial charge is 0.346 e. The second-order valence-electron chi connectivity index (χ2n) is 10.1. The van der Waals surface area contributed by atoms with Gasteiger partial charge in [0.25, 0.3) is 0 Å². The third-order valence-electron chi connectivity index (χ3n) is 7.22. The molecule has 3 aromatic carbocycles. The number of halogens is 1. The highest BCUT2D eigenvalue weighted by Gasteiger charge is 2.40. The van der Waals surface area contributed by atoms with Gasteiger partial charge in [-0.15, -0.1) is 0 Å². The van der Waals surface area contributed by atoms with Crippen LogP contribution < -0.4 is 5.69 Å². The predicted octanol–water partition coefficient (Wildman–Crippen LogP) is 4.78. The number of nitrogens with zero attached hydrogens (tertiary/aromatic N) is 3. The van der Waals surface area contributed by atoms with Crippen LogP contribution in [-0.2, 0) is 47.6 Å². The van der Waals surface area contributed by atoms with Crippen LogP contribution in [0, 0.1) is 0 Å². The molecule has 0 spiro atoms. The lowest BCUT2D eigenvalue weighted by Crippen LogP contribution is -2.42. The largest absolute Gasteiger partial charge is 0.481 e. The Hall–Kier alpha value is -4.04. The third-order valence-corrected chi connectivity index (χ3v) is 7.22. The number of alkyl halides is 1. The van der Waals surface area contributed by atoms with Crippen molar-refractivity contribution in [3.05, 3.63) is 111 Å². The van der Waals surface area contributed by atoms with Gasteiger partial charge in [-0.05, 0) is 53.1 Å². The zero-order valence-corrected chi connectivity index (χ0v) is 22.0. The molecule has 0 atom stereocenters. The molecule has 1 saturated heterocycles. The van der Waals surface area contributed by atoms with E-state index in [1.807, 2.05) is 43.3 Å². The van der Waals surface area contributed by atoms with Crippen LogP contribution in [0.5, 0.6) is 0 Å². The van der Waals surface area contributed by atoms with E-state index in [0.29, 0.717) is 25.1 Å². The number of benzene rings is 3. The van der Waals surface area contributed by atoms with Gasteiger partial charge in [0.1, 0.15) is 5.82 Å². The second-order valence-corrected chi connectivity index (χ2v) is 10.1. The first-order valence-corrected chi connectivity index (χ1v) is 13.3. The monoisotopic (exact) mass is 529 g/mol. The van der Waals surface area contributed by atoms with Gasteiger partial charge in [0.05, 0.1) is 26.2 Å². The van der Waals surface area contributed by atoms with Crippen molar-refractivity contribution in [3.63, 3.8) is 0 Å². The SMILES string of the molecule is CCn1c(CCCc2ccc(-c3cccc(CC(=O)O)c3)cc2)nn(Cc2ccc(C3(F)COC3)cc2)c1=O. The molecular formula is C31H32FN3O4. The molecule has 0 bridgehead atoms. The highest BCUT2D eigenvalue weighted by molar-refractivity contribution is 5.72. The molecule has 4 aromatic rings. The van der Waals surface area contributed by atoms with E-state index in [1.54, 1.807) is 16.7 Å². The van der Waals surface area contributed by atoms with Gasteiger partial charge >= 0.3 is 11.7 Å². The maximum atomic E-state index is 14.5. The minimum atomic E-state index is -1.40. The molecule has 0 saturated carbocycles. The average molecular weight is 530 g/mol. The summed E-state index contributed by atoms with van der Waals surface area (Å²) in [5.74, 6) is -0.0778. The summed E-state index contributed by atoms with van der Waals surface area (Å²) in [5, 5.41) is 13.7. The van der Waals surface area contributed by atoms with Gasteiger partial charge in [-0.3, -0.25) is 9.36 Å². The minimum Gasteiger partial charge on any atom is -0.481 e. The van der Waals surface area contributed by atoms with Gasteiger partial charge < -0.3 is 9.84 Å². The summed E-state index contributed by atoms with van der Waals surface area (Å²) in [6.07, 6.45) is 2.38. The molecule has 39 heavy (non-hydrogen) atoms. The molecule has 1 fully saturated rings. The summed E-state index contributed by atoms with van der Waals surface area (Å²) >= 11 is 0. The van der Waals surface area contributed by atoms with Crippen LogP contribution in [0.3, 0.4) is 0 Å². The zero-order valence-electron chi connectivity index (χ0n) is 22.0. The van der Waals surface area contributed by atoms with Crippen molar-refractivity contribution in [2.75, 3.05) is 13.2 Å². The lowest BCUT2D eigenvalue weighted by molar-refractivity contribution is -0.136. The number of hydrogen-bond donors (Lipinski definition) is 1. The topological polar surface area (TPSA) is 86.3 Å². The number of hydrogen-bond acceptors (Lipinski definition) is 4. The third kappa shape index (κ3) is 6.01. The van der Waals surface area contributed by atoms with Gasteiger partial charge in [0, 0.05) is 13.0 Å². The Morgan fingerprint density at radius 3 is 2.33 bits per heavy atom. The van der Waals surface area contributed by atoms with E-state index in [9.17, 15) is 14.0 Å². The van der Waals surface area contributed by atoms with Crippen LogP contribution in [0.4, 0.5) is 4.39 Å². The molecule has 1 aromatic heterocycles. The Kier molecular flexibility index (Phi) is 7.74. The average Bonchev–Trinajstić information content (AvgIpc) is 3.21. The number of aliphatic carboxylic acids is 1. The van der Waals surface area contributed by atoms with Crippen molar-refractivity contribution in [3.8, 4) is 11.1 Å². The molecule has 1 N–H and O–H groups in total. The number of aryl methyl sites for hydroxylation is 2. The normalized spacial score (nSPS) is 14.2. The second kappa shape index (κ2) is 11.4. The van der Waals surface area contributed by atoms with Crippen molar-refractivity contribution < 1.29 is 19.0 Å². The van der Waals surface area contributed by atoms with Gasteiger partial charge in [0.2, 0.25) is 0 Å². The van der Waals surface area contributed by atoms with Crippen LogP contribution in [0.1, 0.15) is 41.4 Å². The van der Waals surface area contributed by atoms with Crippen LogP contribution in [0.25, 0.3) is 11.1 Å². The Balaban J connectivity index is 1.20. The van der Waals surface area contributed by atoms with Crippen molar-refractivity contribution in [1.82, 2.24) is 14.3 Å². The van der Waals surface area contributed by atoms with Crippen molar-refractivity contribution in [2.24, 2.45) is 0 Å². The lowest BCUT2D eigenvalue weighted by Gasteiger charge is -2.34. The van der Waals surface area contributed by atoms with Crippen molar-refractivity contribution in [1.29, 1.82) is 0 Å². The lowest BCUT2D eigenvalue weighted by atomic mass is 9.93. The Labute approximate surface area is 226 Å². The Morgan fingerprint density at radius 2 is 1.69 bits per heavy atom. The number of aromatic nitrogens is 3. The molecule has 5 rings (SSSR count). The van der Waals surface area contributed by atoms with Gasteiger partial charge in [-0.1, -0.05) is 72.8 Å². The fourth-order valence-corrected chi connectivity index (χ4v) is 4.97. The molecule has 0 amide bonds. The number of ether oxygens (including phenoxy) is 1. The molecule has 202 valence electrons. The van der Waals surface area contributed by atoms with Gasteiger partial charge in [-0.2, -0.15) is 5.10 Å². The maximum Gasteiger partial charge on any atom is 0.346 e. The standard InChI is InChI=1S/C31H32FN3O4/c1-2-34-28(33-35(30(34)38)19-23-11-15-27(16-12-23)31(32)20-39-21-31)8-4-5-22-9-13-25(14-10-22)26-7-3-6-24(17-26)18-29(36)37/h3,6-7,9-17H,2,4-5,8,18-21H2,1H3,(H,36,37). The summed E-state index contributed by atoms with van der Waals surface area (Å²) in [7, 11) is 0. The molecule has 0 unspecified atom stereocenters. The van der Waals surface area contributed by atoms with Crippen LogP contribution in [0.2, 0.25) is 0 Å². The Morgan fingerprint density at radius 1 is 0.974 bits per heavy atom. The van der Waals surface area contributed by atoms with Crippen molar-refractivity contribution in [2.45, 2.75) is 51.4 Å². The summed E-state index contributed by atoms with van der Waals surface area (Å²) in [4.78, 5) is 24.0. The molecule has 1 aliphatic rings. The summed E-state index contributed by atoms with van der Waals surface area (Å²) in [5.41, 5.74) is 3.95. The molecule has 2 heterocycles. The number of carbonyl (C=O) groups is 1. The van der Waals surface area contributed by atoms with Crippen LogP contribution in [0.15, 0.2) is 77.6 Å². The highest BCUT2D eigenvalue weighted by atomic mass is 19.1. The molecule has 0 radical (unpaired) electrons. The van der Waals surface area contributed by atoms with E-state index >= 15 is 0 Å². The fourth-order valence-electron chi connectivity index (χ4n) is 4.97. The predicted molar refractivity (Wildman–Crippen MR) is 147 cm³/mol. The summed E-state index contributed by atoms with van der Waals surface area (Å²) in [6, 6.07) is 23.1. The number of rotatable bonds is 11. The Bertz CT molecular complexity index is 1500. The van der Waals surface area contributed by atoms with E-state index in [2.05, 4.69) is 29.4 Å². The quantitative estimate of drug-likeness (QED) is 0.302. The van der Waals surface area contributed by atoms with E-state index < -0.39 is 11.6 Å². The van der Waals surface area contributed by atoms with Crippen molar-refractivity contribution >= 4 is 5.97 Å². The highest BCUT2D eigenvalue weighted by Crippen LogP contribution is 2.33. The first kappa shape index (κ1) is 26.6. The maximum absolute atomic E-state index is 14.5. The molecule has 7 nitrogen and oxygen atoms in total. The van der Waals surface area contributed by atoms with E-state index in [4.69, 9.17) is 9.84 Å². The fraction of sp³-hybridized carbons (Fsp3) is 0.323. The van der Waals surface area contributed by atoms with E-state index in [1.165, 1.54) is 10.2 Å². The first-order valence-electron chi connectivity index (χ1n) is 13.3. The van der Waals surface area contributed by atoms with E-state index in [0.717, 1.165) is 40.9 Å². The molecule has 8 heteroatoms. The molecule has 0 aliphatic carbocycles. The van der Waals surface area contributed by atoms with Crippen LogP contribution in [-0.4, -0.2) is 38.6 Å². The summed E-state index contributed by atoms with van der Waals surface area (Å²) < 4.78 is 22.7. The molecular weight excluding hydrogens is 497 g/mol. The van der Waals surface area contributed by atoms with Gasteiger partial charge in [0.15, 0.2) is 5.67 Å². The van der Waals surface area contributed by atoms with Crippen LogP contribution >= 0.6 is 0 Å². The number of carboxylic acids is 1. The minimum absolute atomic E-state index is 0.00636. The van der Waals surface area contributed by atoms with E-state index in [-0.39, 0.29) is 25.3 Å². The zero-order chi connectivity index (χ0) is 27.4. The summed E-state index contributed by atoms with van der Waals surface area (Å²) in [6.45, 7) is 3.00. The van der Waals surface area contributed by atoms with Gasteiger partial charge in [-0.25, -0.2) is 13.9 Å². The molecule has 1 aliphatic heterocycles. The number of carboxylic acid groups (broad SMARTS) is 1.